The number of piperazine rings is 1. The number of aromatic nitrogens is 4. The van der Waals surface area contributed by atoms with Crippen LogP contribution < -0.4 is 20.5 Å². The molecule has 40 heavy (non-hydrogen) atoms. The highest BCUT2D eigenvalue weighted by atomic mass is 16.5. The molecule has 12 nitrogen and oxygen atoms in total. The molecule has 2 saturated heterocycles. The predicted molar refractivity (Wildman–Crippen MR) is 154 cm³/mol. The summed E-state index contributed by atoms with van der Waals surface area (Å²) in [5.74, 6) is 1.82. The molecule has 3 aromatic rings. The molecule has 216 valence electrons. The summed E-state index contributed by atoms with van der Waals surface area (Å²) < 4.78 is 5.97. The molecule has 0 saturated carbocycles. The lowest BCUT2D eigenvalue weighted by Gasteiger charge is -2.40. The van der Waals surface area contributed by atoms with E-state index in [1.807, 2.05) is 29.2 Å². The fourth-order valence-corrected chi connectivity index (χ4v) is 5.24. The Labute approximate surface area is 234 Å². The average molecular weight is 553 g/mol. The van der Waals surface area contributed by atoms with Crippen LogP contribution in [0.4, 0.5) is 17.5 Å². The van der Waals surface area contributed by atoms with Gasteiger partial charge in [-0.1, -0.05) is 12.8 Å². The molecule has 1 unspecified atom stereocenters. The predicted octanol–water partition coefficient (Wildman–Crippen LogP) is 1.92. The molecule has 4 heterocycles. The number of rotatable bonds is 9. The van der Waals surface area contributed by atoms with Crippen molar-refractivity contribution in [1.82, 2.24) is 30.0 Å². The molecule has 2 aromatic heterocycles. The van der Waals surface area contributed by atoms with Gasteiger partial charge >= 0.3 is 0 Å². The molecule has 1 atom stereocenters. The minimum Gasteiger partial charge on any atom is -0.492 e. The largest absolute Gasteiger partial charge is 0.492 e. The number of aliphatic hydroxyl groups is 2. The van der Waals surface area contributed by atoms with Crippen molar-refractivity contribution in [2.75, 3.05) is 62.6 Å². The number of hydrogen-bond acceptors (Lipinski definition) is 11. The smallest absolute Gasteiger partial charge is 0.277 e. The van der Waals surface area contributed by atoms with Crippen LogP contribution in [0.3, 0.4) is 0 Å². The van der Waals surface area contributed by atoms with Crippen molar-refractivity contribution in [3.8, 4) is 5.75 Å². The molecule has 0 aliphatic carbocycles. The third-order valence-electron chi connectivity index (χ3n) is 7.57. The Morgan fingerprint density at radius 1 is 1.02 bits per heavy atom. The Kier molecular flexibility index (Phi) is 8.79. The fourth-order valence-electron chi connectivity index (χ4n) is 5.24. The van der Waals surface area contributed by atoms with E-state index in [0.717, 1.165) is 57.0 Å². The van der Waals surface area contributed by atoms with E-state index in [-0.39, 0.29) is 5.56 Å². The first-order chi connectivity index (χ1) is 19.3. The molecule has 2 fully saturated rings. The van der Waals surface area contributed by atoms with E-state index < -0.39 is 11.8 Å². The maximum absolute atomic E-state index is 12.6. The number of nitrogens with one attached hydrogen (secondary N) is 2. The van der Waals surface area contributed by atoms with E-state index in [2.05, 4.69) is 30.3 Å². The molecule has 0 amide bonds. The van der Waals surface area contributed by atoms with Crippen molar-refractivity contribution in [3.05, 3.63) is 40.8 Å². The average Bonchev–Trinajstić information content (AvgIpc) is 3.23. The molecule has 1 aromatic carbocycles. The molecule has 0 bridgehead atoms. The number of nitrogens with zero attached hydrogens (tertiary/aromatic N) is 6. The van der Waals surface area contributed by atoms with Gasteiger partial charge in [0.25, 0.3) is 5.56 Å². The Balaban J connectivity index is 1.19. The second kappa shape index (κ2) is 12.5. The van der Waals surface area contributed by atoms with E-state index in [9.17, 15) is 15.0 Å². The van der Waals surface area contributed by atoms with E-state index in [1.165, 1.54) is 12.8 Å². The van der Waals surface area contributed by atoms with Crippen LogP contribution >= 0.6 is 0 Å². The maximum Gasteiger partial charge on any atom is 0.277 e. The lowest BCUT2D eigenvalue weighted by atomic mass is 10.1. The number of hydrogen-bond donors (Lipinski definition) is 4. The third-order valence-corrected chi connectivity index (χ3v) is 7.57. The lowest BCUT2D eigenvalue weighted by Crippen LogP contribution is -2.56. The second-order valence-electron chi connectivity index (χ2n) is 11.1. The molecule has 0 spiro atoms. The molecule has 4 N–H and O–H groups in total. The van der Waals surface area contributed by atoms with Crippen LogP contribution in [0.5, 0.6) is 5.75 Å². The number of ether oxygens (including phenoxy) is 1. The van der Waals surface area contributed by atoms with Gasteiger partial charge in [0.15, 0.2) is 0 Å². The minimum absolute atomic E-state index is 0.335. The highest BCUT2D eigenvalue weighted by Gasteiger charge is 2.32. The van der Waals surface area contributed by atoms with Crippen LogP contribution in [0.2, 0.25) is 0 Å². The van der Waals surface area contributed by atoms with Crippen molar-refractivity contribution >= 4 is 28.4 Å². The van der Waals surface area contributed by atoms with Gasteiger partial charge in [-0.3, -0.25) is 14.6 Å². The highest BCUT2D eigenvalue weighted by molar-refractivity contribution is 5.90. The topological polar surface area (TPSA) is 143 Å². The fraction of sp³-hybridized carbons (Fsp3) is 0.571. The third kappa shape index (κ3) is 6.87. The molecular weight excluding hydrogens is 512 g/mol. The monoisotopic (exact) mass is 552 g/mol. The summed E-state index contributed by atoms with van der Waals surface area (Å²) in [6.45, 7) is 9.36. The summed E-state index contributed by atoms with van der Waals surface area (Å²) in [5, 5.41) is 30.5. The first kappa shape index (κ1) is 28.2. The number of H-pyrrole nitrogens is 1. The van der Waals surface area contributed by atoms with Crippen molar-refractivity contribution in [1.29, 1.82) is 0 Å². The molecule has 12 heteroatoms. The van der Waals surface area contributed by atoms with Crippen molar-refractivity contribution in [2.24, 2.45) is 0 Å². The highest BCUT2D eigenvalue weighted by Crippen LogP contribution is 2.26. The van der Waals surface area contributed by atoms with Crippen LogP contribution in [-0.2, 0) is 0 Å². The van der Waals surface area contributed by atoms with Crippen LogP contribution in [0.25, 0.3) is 10.9 Å². The van der Waals surface area contributed by atoms with Gasteiger partial charge in [0, 0.05) is 51.5 Å². The Morgan fingerprint density at radius 3 is 2.40 bits per heavy atom. The van der Waals surface area contributed by atoms with Crippen LogP contribution in [-0.4, -0.2) is 104 Å². The SMILES string of the molecule is CC(C)(O)C(O)N1CCN(CCOc2ccc(Nc3nc(N4CCCCCC4)nc4cn[nH]c(=O)c34)cc2)CC1. The Hall–Kier alpha value is -3.32. The van der Waals surface area contributed by atoms with E-state index >= 15 is 0 Å². The molecular formula is C28H40N8O4. The molecule has 0 radical (unpaired) electrons. The summed E-state index contributed by atoms with van der Waals surface area (Å²) in [6, 6.07) is 7.60. The van der Waals surface area contributed by atoms with Gasteiger partial charge in [0.2, 0.25) is 5.95 Å². The second-order valence-corrected chi connectivity index (χ2v) is 11.1. The van der Waals surface area contributed by atoms with Gasteiger partial charge in [-0.05, 0) is 51.0 Å². The van der Waals surface area contributed by atoms with Gasteiger partial charge in [0.05, 0.1) is 11.8 Å². The van der Waals surface area contributed by atoms with Gasteiger partial charge in [-0.15, -0.1) is 0 Å². The summed E-state index contributed by atoms with van der Waals surface area (Å²) in [7, 11) is 0. The summed E-state index contributed by atoms with van der Waals surface area (Å²) in [4.78, 5) is 28.4. The van der Waals surface area contributed by atoms with Crippen molar-refractivity contribution < 1.29 is 14.9 Å². The van der Waals surface area contributed by atoms with Gasteiger partial charge in [-0.2, -0.15) is 10.1 Å². The van der Waals surface area contributed by atoms with Gasteiger partial charge in [-0.25, -0.2) is 10.1 Å². The summed E-state index contributed by atoms with van der Waals surface area (Å²) in [6.07, 6.45) is 5.30. The van der Waals surface area contributed by atoms with Gasteiger partial charge in [0.1, 0.15) is 35.3 Å². The number of benzene rings is 1. The molecule has 2 aliphatic heterocycles. The van der Waals surface area contributed by atoms with Crippen molar-refractivity contribution in [2.45, 2.75) is 51.4 Å². The zero-order chi connectivity index (χ0) is 28.1. The first-order valence-electron chi connectivity index (χ1n) is 14.1. The van der Waals surface area contributed by atoms with Crippen LogP contribution in [0.15, 0.2) is 35.3 Å². The molecule has 2 aliphatic rings. The Morgan fingerprint density at radius 2 is 1.73 bits per heavy atom. The summed E-state index contributed by atoms with van der Waals surface area (Å²) >= 11 is 0. The number of aromatic amines is 1. The first-order valence-corrected chi connectivity index (χ1v) is 14.1. The van der Waals surface area contributed by atoms with Gasteiger partial charge < -0.3 is 25.2 Å². The quantitative estimate of drug-likeness (QED) is 0.309. The van der Waals surface area contributed by atoms with Crippen molar-refractivity contribution in [3.63, 3.8) is 0 Å². The standard InChI is InChI=1S/C28H40N8O4/c1-28(2,39)26(38)35-15-13-34(14-16-35)17-18-40-21-9-7-20(8-10-21)30-24-23-22(19-29-33-25(23)37)31-27(32-24)36-11-5-3-4-6-12-36/h7-10,19,26,38-39H,3-6,11-18H2,1-2H3,(H,33,37)(H,30,31,32). The number of aliphatic hydroxyl groups excluding tert-OH is 1. The van der Waals surface area contributed by atoms with Crippen LogP contribution in [0.1, 0.15) is 39.5 Å². The Bertz CT molecular complexity index is 1310. The normalized spacial score (nSPS) is 18.4. The van der Waals surface area contributed by atoms with E-state index in [4.69, 9.17) is 9.72 Å². The van der Waals surface area contributed by atoms with E-state index in [0.29, 0.717) is 42.4 Å². The van der Waals surface area contributed by atoms with Crippen LogP contribution in [0, 0.1) is 0 Å². The number of fused-ring (bicyclic) bond motifs is 1. The minimum atomic E-state index is -1.14. The number of anilines is 3. The zero-order valence-electron chi connectivity index (χ0n) is 23.3. The summed E-state index contributed by atoms with van der Waals surface area (Å²) in [5.41, 5.74) is -0.185. The maximum atomic E-state index is 12.6. The molecule has 5 rings (SSSR count). The lowest BCUT2D eigenvalue weighted by molar-refractivity contribution is -0.140. The zero-order valence-corrected chi connectivity index (χ0v) is 23.3. The van der Waals surface area contributed by atoms with E-state index in [1.54, 1.807) is 20.0 Å².